The Balaban J connectivity index is 1.65. The molecule has 3 rings (SSSR count). The van der Waals surface area contributed by atoms with Gasteiger partial charge in [-0.05, 0) is 24.0 Å². The molecule has 1 aliphatic carbocycles. The van der Waals surface area contributed by atoms with Gasteiger partial charge in [-0.1, -0.05) is 17.4 Å². The van der Waals surface area contributed by atoms with Gasteiger partial charge in [0.2, 0.25) is 11.0 Å². The van der Waals surface area contributed by atoms with Crippen molar-refractivity contribution in [3.8, 4) is 0 Å². The number of anilines is 1. The number of hydrogen-bond donors (Lipinski definition) is 1. The fraction of sp³-hybridized carbons (Fsp3) is 0.308. The smallest absolute Gasteiger partial charge is 0.291 e. The van der Waals surface area contributed by atoms with Crippen LogP contribution in [0.2, 0.25) is 0 Å². The molecule has 1 N–H and O–H groups in total. The number of rotatable bonds is 4. The average Bonchev–Trinajstić information content (AvgIpc) is 3.10. The lowest BCUT2D eigenvalue weighted by atomic mass is 10.1. The van der Waals surface area contributed by atoms with Gasteiger partial charge in [0.15, 0.2) is 5.01 Å². The first kappa shape index (κ1) is 14.9. The summed E-state index contributed by atoms with van der Waals surface area (Å²) in [6.45, 7) is 0. The van der Waals surface area contributed by atoms with Crippen LogP contribution >= 0.6 is 11.3 Å². The zero-order valence-corrected chi connectivity index (χ0v) is 11.7. The largest absolute Gasteiger partial charge is 0.300 e. The van der Waals surface area contributed by atoms with E-state index in [1.807, 2.05) is 0 Å². The molecule has 0 aliphatic heterocycles. The van der Waals surface area contributed by atoms with E-state index in [4.69, 9.17) is 0 Å². The number of carbonyl (C=O) groups excluding carboxylic acids is 1. The first-order chi connectivity index (χ1) is 10.5. The Morgan fingerprint density at radius 1 is 1.32 bits per heavy atom. The van der Waals surface area contributed by atoms with Crippen LogP contribution < -0.4 is 5.32 Å². The highest BCUT2D eigenvalue weighted by molar-refractivity contribution is 7.15. The van der Waals surface area contributed by atoms with Crippen molar-refractivity contribution in [2.24, 2.45) is 5.92 Å². The van der Waals surface area contributed by atoms with Crippen molar-refractivity contribution in [1.29, 1.82) is 0 Å². The standard InChI is InChI=1S/C13H9F4N3OS/c14-5-1-2-6(9(15)3-5)7-4-8(7)11(21)18-13-20-19-12(22-13)10(16)17/h1-3,7-8,10H,4H2,(H,18,20,21)/t7-,8-/m1/s1. The van der Waals surface area contributed by atoms with Crippen molar-refractivity contribution in [3.05, 3.63) is 40.4 Å². The molecule has 1 aliphatic rings. The quantitative estimate of drug-likeness (QED) is 0.873. The number of nitrogens with zero attached hydrogens (tertiary/aromatic N) is 2. The molecule has 9 heteroatoms. The lowest BCUT2D eigenvalue weighted by Gasteiger charge is -2.03. The minimum atomic E-state index is -2.75. The number of halogens is 4. The highest BCUT2D eigenvalue weighted by Gasteiger charge is 2.45. The van der Waals surface area contributed by atoms with Crippen molar-refractivity contribution in [2.75, 3.05) is 5.32 Å². The normalized spacial score (nSPS) is 20.2. The van der Waals surface area contributed by atoms with E-state index >= 15 is 0 Å². The predicted molar refractivity (Wildman–Crippen MR) is 70.7 cm³/mol. The Bertz CT molecular complexity index is 721. The summed E-state index contributed by atoms with van der Waals surface area (Å²) in [6.07, 6.45) is -2.33. The third kappa shape index (κ3) is 2.94. The second-order valence-corrected chi connectivity index (χ2v) is 5.86. The third-order valence-corrected chi connectivity index (χ3v) is 4.19. The Kier molecular flexibility index (Phi) is 3.81. The summed E-state index contributed by atoms with van der Waals surface area (Å²) in [5.41, 5.74) is 0.270. The fourth-order valence-corrected chi connectivity index (χ4v) is 2.80. The molecule has 2 aromatic rings. The van der Waals surface area contributed by atoms with Gasteiger partial charge in [0.1, 0.15) is 11.6 Å². The summed E-state index contributed by atoms with van der Waals surface area (Å²) in [4.78, 5) is 12.0. The molecule has 116 valence electrons. The summed E-state index contributed by atoms with van der Waals surface area (Å²) >= 11 is 0.589. The second kappa shape index (κ2) is 5.64. The predicted octanol–water partition coefficient (Wildman–Crippen LogP) is 3.50. The molecule has 4 nitrogen and oxygen atoms in total. The van der Waals surface area contributed by atoms with E-state index in [0.717, 1.165) is 12.1 Å². The molecule has 0 radical (unpaired) electrons. The summed E-state index contributed by atoms with van der Waals surface area (Å²) in [7, 11) is 0. The van der Waals surface area contributed by atoms with Gasteiger partial charge in [0, 0.05) is 12.0 Å². The van der Waals surface area contributed by atoms with E-state index in [1.165, 1.54) is 6.07 Å². The van der Waals surface area contributed by atoms with E-state index < -0.39 is 34.9 Å². The molecule has 1 heterocycles. The molecule has 0 bridgehead atoms. The zero-order valence-electron chi connectivity index (χ0n) is 10.9. The van der Waals surface area contributed by atoms with Crippen molar-refractivity contribution in [1.82, 2.24) is 10.2 Å². The van der Waals surface area contributed by atoms with Crippen LogP contribution in [0.4, 0.5) is 22.7 Å². The van der Waals surface area contributed by atoms with Crippen LogP contribution in [-0.4, -0.2) is 16.1 Å². The first-order valence-corrected chi connectivity index (χ1v) is 7.14. The van der Waals surface area contributed by atoms with E-state index in [2.05, 4.69) is 15.5 Å². The number of carbonyl (C=O) groups is 1. The highest BCUT2D eigenvalue weighted by Crippen LogP contribution is 2.49. The summed E-state index contributed by atoms with van der Waals surface area (Å²) < 4.78 is 51.2. The molecule has 1 amide bonds. The van der Waals surface area contributed by atoms with Crippen molar-refractivity contribution >= 4 is 22.4 Å². The lowest BCUT2D eigenvalue weighted by Crippen LogP contribution is -2.14. The van der Waals surface area contributed by atoms with Crippen LogP contribution in [0.1, 0.15) is 29.3 Å². The highest BCUT2D eigenvalue weighted by atomic mass is 32.1. The number of nitrogens with one attached hydrogen (secondary N) is 1. The van der Waals surface area contributed by atoms with Gasteiger partial charge >= 0.3 is 0 Å². The molecule has 0 unspecified atom stereocenters. The second-order valence-electron chi connectivity index (χ2n) is 4.85. The molecule has 2 atom stereocenters. The van der Waals surface area contributed by atoms with E-state index in [-0.39, 0.29) is 16.6 Å². The molecule has 1 aromatic carbocycles. The monoisotopic (exact) mass is 331 g/mol. The zero-order chi connectivity index (χ0) is 15.9. The maximum Gasteiger partial charge on any atom is 0.291 e. The van der Waals surface area contributed by atoms with Gasteiger partial charge in [-0.2, -0.15) is 0 Å². The van der Waals surface area contributed by atoms with E-state index in [0.29, 0.717) is 17.8 Å². The number of amides is 1. The molecule has 0 saturated heterocycles. The lowest BCUT2D eigenvalue weighted by molar-refractivity contribution is -0.117. The number of alkyl halides is 2. The maximum atomic E-state index is 13.6. The van der Waals surface area contributed by atoms with Gasteiger partial charge < -0.3 is 5.32 Å². The summed E-state index contributed by atoms with van der Waals surface area (Å²) in [5, 5.41) is 8.58. The Hall–Kier alpha value is -2.03. The molecular formula is C13H9F4N3OS. The molecule has 1 fully saturated rings. The Morgan fingerprint density at radius 3 is 2.73 bits per heavy atom. The molecule has 1 aromatic heterocycles. The van der Waals surface area contributed by atoms with Gasteiger partial charge in [0.25, 0.3) is 6.43 Å². The van der Waals surface area contributed by atoms with Crippen LogP contribution in [0.15, 0.2) is 18.2 Å². The molecule has 22 heavy (non-hydrogen) atoms. The number of aromatic nitrogens is 2. The van der Waals surface area contributed by atoms with E-state index in [9.17, 15) is 22.4 Å². The minimum absolute atomic E-state index is 0.0227. The van der Waals surface area contributed by atoms with Gasteiger partial charge in [-0.3, -0.25) is 4.79 Å². The van der Waals surface area contributed by atoms with Crippen LogP contribution in [0.25, 0.3) is 0 Å². The third-order valence-electron chi connectivity index (χ3n) is 3.35. The van der Waals surface area contributed by atoms with Crippen LogP contribution in [0.3, 0.4) is 0 Å². The number of benzene rings is 1. The van der Waals surface area contributed by atoms with Crippen molar-refractivity contribution in [2.45, 2.75) is 18.8 Å². The molecule has 0 spiro atoms. The molecular weight excluding hydrogens is 322 g/mol. The topological polar surface area (TPSA) is 54.9 Å². The van der Waals surface area contributed by atoms with Crippen LogP contribution in [0, 0.1) is 17.6 Å². The van der Waals surface area contributed by atoms with Gasteiger partial charge in [0.05, 0.1) is 0 Å². The average molecular weight is 331 g/mol. The summed E-state index contributed by atoms with van der Waals surface area (Å²) in [5.74, 6) is -2.65. The summed E-state index contributed by atoms with van der Waals surface area (Å²) in [6, 6.07) is 3.20. The van der Waals surface area contributed by atoms with Crippen molar-refractivity contribution in [3.63, 3.8) is 0 Å². The first-order valence-electron chi connectivity index (χ1n) is 6.33. The van der Waals surface area contributed by atoms with Gasteiger partial charge in [-0.25, -0.2) is 17.6 Å². The fourth-order valence-electron chi connectivity index (χ4n) is 2.20. The van der Waals surface area contributed by atoms with Crippen LogP contribution in [-0.2, 0) is 4.79 Å². The minimum Gasteiger partial charge on any atom is -0.300 e. The SMILES string of the molecule is O=C(Nc1nnc(C(F)F)s1)[C@@H]1C[C@@H]1c1ccc(F)cc1F. The van der Waals surface area contributed by atoms with Gasteiger partial charge in [-0.15, -0.1) is 10.2 Å². The Morgan fingerprint density at radius 2 is 2.09 bits per heavy atom. The Labute approximate surface area is 126 Å². The maximum absolute atomic E-state index is 13.6. The van der Waals surface area contributed by atoms with E-state index in [1.54, 1.807) is 0 Å². The van der Waals surface area contributed by atoms with Crippen molar-refractivity contribution < 1.29 is 22.4 Å². The van der Waals surface area contributed by atoms with Crippen LogP contribution in [0.5, 0.6) is 0 Å². The molecule has 1 saturated carbocycles. The number of hydrogen-bond acceptors (Lipinski definition) is 4.